The van der Waals surface area contributed by atoms with E-state index >= 15 is 0 Å². The lowest BCUT2D eigenvalue weighted by molar-refractivity contribution is 0.111. The van der Waals surface area contributed by atoms with E-state index < -0.39 is 0 Å². The van der Waals surface area contributed by atoms with E-state index in [0.717, 1.165) is 24.7 Å². The second-order valence-corrected chi connectivity index (χ2v) is 6.91. The SMILES string of the molecule is CNC1CC2CCC(C1)N2Cc1ccc(C(C)C)cc1. The van der Waals surface area contributed by atoms with Gasteiger partial charge in [0.2, 0.25) is 0 Å². The first-order valence-corrected chi connectivity index (χ1v) is 8.19. The van der Waals surface area contributed by atoms with Gasteiger partial charge in [0, 0.05) is 24.7 Å². The molecule has 1 N–H and O–H groups in total. The molecule has 0 spiro atoms. The maximum absolute atomic E-state index is 3.48. The molecule has 20 heavy (non-hydrogen) atoms. The molecule has 2 unspecified atom stereocenters. The summed E-state index contributed by atoms with van der Waals surface area (Å²) in [5, 5.41) is 3.48. The highest BCUT2D eigenvalue weighted by Gasteiger charge is 2.39. The molecule has 0 aromatic heterocycles. The third-order valence-electron chi connectivity index (χ3n) is 5.30. The van der Waals surface area contributed by atoms with E-state index in [9.17, 15) is 0 Å². The Morgan fingerprint density at radius 1 is 1.10 bits per heavy atom. The standard InChI is InChI=1S/C18H28N2/c1-13(2)15-6-4-14(5-7-15)12-20-17-8-9-18(20)11-16(10-17)19-3/h4-7,13,16-19H,8-12H2,1-3H3. The Morgan fingerprint density at radius 3 is 2.20 bits per heavy atom. The van der Waals surface area contributed by atoms with Gasteiger partial charge in [-0.3, -0.25) is 4.90 Å². The van der Waals surface area contributed by atoms with Gasteiger partial charge >= 0.3 is 0 Å². The molecule has 2 heterocycles. The van der Waals surface area contributed by atoms with Crippen LogP contribution in [0.15, 0.2) is 24.3 Å². The normalized spacial score (nSPS) is 30.1. The van der Waals surface area contributed by atoms with Crippen LogP contribution < -0.4 is 5.32 Å². The van der Waals surface area contributed by atoms with E-state index in [4.69, 9.17) is 0 Å². The zero-order chi connectivity index (χ0) is 14.1. The summed E-state index contributed by atoms with van der Waals surface area (Å²) in [6.45, 7) is 5.67. The molecule has 2 atom stereocenters. The van der Waals surface area contributed by atoms with Crippen molar-refractivity contribution in [3.8, 4) is 0 Å². The van der Waals surface area contributed by atoms with E-state index in [1.807, 2.05) is 0 Å². The molecule has 110 valence electrons. The molecule has 0 radical (unpaired) electrons. The highest BCUT2D eigenvalue weighted by Crippen LogP contribution is 2.36. The Kier molecular flexibility index (Phi) is 4.13. The van der Waals surface area contributed by atoms with Crippen molar-refractivity contribution in [2.24, 2.45) is 0 Å². The maximum atomic E-state index is 3.48. The second-order valence-electron chi connectivity index (χ2n) is 6.91. The minimum Gasteiger partial charge on any atom is -0.317 e. The number of hydrogen-bond donors (Lipinski definition) is 1. The minimum atomic E-state index is 0.631. The predicted octanol–water partition coefficient (Wildman–Crippen LogP) is 3.52. The summed E-state index contributed by atoms with van der Waals surface area (Å²) < 4.78 is 0. The molecule has 2 fully saturated rings. The van der Waals surface area contributed by atoms with Crippen LogP contribution in [0.3, 0.4) is 0 Å². The molecule has 0 aliphatic carbocycles. The predicted molar refractivity (Wildman–Crippen MR) is 85.0 cm³/mol. The van der Waals surface area contributed by atoms with Gasteiger partial charge in [0.25, 0.3) is 0 Å². The fraction of sp³-hybridized carbons (Fsp3) is 0.667. The van der Waals surface area contributed by atoms with E-state index in [1.54, 1.807) is 0 Å². The highest BCUT2D eigenvalue weighted by atomic mass is 15.2. The minimum absolute atomic E-state index is 0.631. The third-order valence-corrected chi connectivity index (χ3v) is 5.30. The highest BCUT2D eigenvalue weighted by molar-refractivity contribution is 5.25. The van der Waals surface area contributed by atoms with Crippen LogP contribution in [-0.2, 0) is 6.54 Å². The molecule has 0 amide bonds. The van der Waals surface area contributed by atoms with Gasteiger partial charge in [0.15, 0.2) is 0 Å². The first-order chi connectivity index (χ1) is 9.67. The van der Waals surface area contributed by atoms with Crippen molar-refractivity contribution in [1.82, 2.24) is 10.2 Å². The van der Waals surface area contributed by atoms with Crippen molar-refractivity contribution in [2.75, 3.05) is 7.05 Å². The molecule has 2 nitrogen and oxygen atoms in total. The summed E-state index contributed by atoms with van der Waals surface area (Å²) in [6, 6.07) is 11.6. The molecule has 2 bridgehead atoms. The Hall–Kier alpha value is -0.860. The zero-order valence-electron chi connectivity index (χ0n) is 13.1. The van der Waals surface area contributed by atoms with Crippen molar-refractivity contribution in [2.45, 2.75) is 70.1 Å². The van der Waals surface area contributed by atoms with Crippen LogP contribution in [0, 0.1) is 0 Å². The monoisotopic (exact) mass is 272 g/mol. The Morgan fingerprint density at radius 2 is 1.70 bits per heavy atom. The van der Waals surface area contributed by atoms with E-state index in [1.165, 1.54) is 36.8 Å². The van der Waals surface area contributed by atoms with Gasteiger partial charge < -0.3 is 5.32 Å². The fourth-order valence-electron chi connectivity index (χ4n) is 3.99. The van der Waals surface area contributed by atoms with Gasteiger partial charge in [-0.2, -0.15) is 0 Å². The molecule has 3 rings (SSSR count). The van der Waals surface area contributed by atoms with Crippen LogP contribution in [0.1, 0.15) is 56.6 Å². The number of nitrogens with zero attached hydrogens (tertiary/aromatic N) is 1. The number of nitrogens with one attached hydrogen (secondary N) is 1. The number of benzene rings is 1. The summed E-state index contributed by atoms with van der Waals surface area (Å²) in [4.78, 5) is 2.76. The van der Waals surface area contributed by atoms with Crippen LogP contribution in [0.25, 0.3) is 0 Å². The van der Waals surface area contributed by atoms with Crippen LogP contribution in [0.2, 0.25) is 0 Å². The van der Waals surface area contributed by atoms with Crippen molar-refractivity contribution < 1.29 is 0 Å². The quantitative estimate of drug-likeness (QED) is 0.902. The molecule has 1 aromatic carbocycles. The molecule has 0 saturated carbocycles. The molecule has 2 aliphatic rings. The first kappa shape index (κ1) is 14.1. The molecule has 1 aromatic rings. The number of hydrogen-bond acceptors (Lipinski definition) is 2. The van der Waals surface area contributed by atoms with Crippen molar-refractivity contribution in [1.29, 1.82) is 0 Å². The lowest BCUT2D eigenvalue weighted by atomic mass is 9.96. The molecule has 2 saturated heterocycles. The van der Waals surface area contributed by atoms with Gasteiger partial charge in [-0.25, -0.2) is 0 Å². The fourth-order valence-corrected chi connectivity index (χ4v) is 3.99. The van der Waals surface area contributed by atoms with Gasteiger partial charge in [-0.05, 0) is 49.8 Å². The smallest absolute Gasteiger partial charge is 0.0239 e. The maximum Gasteiger partial charge on any atom is 0.0239 e. The largest absolute Gasteiger partial charge is 0.317 e. The lowest BCUT2D eigenvalue weighted by Crippen LogP contribution is -2.47. The van der Waals surface area contributed by atoms with E-state index in [0.29, 0.717) is 5.92 Å². The Labute approximate surface area is 123 Å². The number of rotatable bonds is 4. The first-order valence-electron chi connectivity index (χ1n) is 8.19. The Balaban J connectivity index is 1.66. The summed E-state index contributed by atoms with van der Waals surface area (Å²) in [5.41, 5.74) is 2.93. The molecular formula is C18H28N2. The Bertz CT molecular complexity index is 423. The molecular weight excluding hydrogens is 244 g/mol. The van der Waals surface area contributed by atoms with Gasteiger partial charge in [-0.1, -0.05) is 38.1 Å². The third kappa shape index (κ3) is 2.77. The van der Waals surface area contributed by atoms with Crippen LogP contribution in [0.4, 0.5) is 0 Å². The number of fused-ring (bicyclic) bond motifs is 2. The van der Waals surface area contributed by atoms with E-state index in [-0.39, 0.29) is 0 Å². The van der Waals surface area contributed by atoms with Crippen LogP contribution in [0.5, 0.6) is 0 Å². The van der Waals surface area contributed by atoms with Crippen molar-refractivity contribution in [3.63, 3.8) is 0 Å². The average molecular weight is 272 g/mol. The summed E-state index contributed by atoms with van der Waals surface area (Å²) in [7, 11) is 2.12. The van der Waals surface area contributed by atoms with E-state index in [2.05, 4.69) is 55.4 Å². The summed E-state index contributed by atoms with van der Waals surface area (Å²) in [5.74, 6) is 0.631. The summed E-state index contributed by atoms with van der Waals surface area (Å²) >= 11 is 0. The average Bonchev–Trinajstić information content (AvgIpc) is 2.70. The molecule has 2 aliphatic heterocycles. The zero-order valence-corrected chi connectivity index (χ0v) is 13.1. The molecule has 2 heteroatoms. The lowest BCUT2D eigenvalue weighted by Gasteiger charge is -2.39. The van der Waals surface area contributed by atoms with Gasteiger partial charge in [0.05, 0.1) is 0 Å². The summed E-state index contributed by atoms with van der Waals surface area (Å²) in [6.07, 6.45) is 5.45. The number of piperidine rings is 1. The van der Waals surface area contributed by atoms with Crippen molar-refractivity contribution >= 4 is 0 Å². The van der Waals surface area contributed by atoms with Crippen molar-refractivity contribution in [3.05, 3.63) is 35.4 Å². The van der Waals surface area contributed by atoms with Gasteiger partial charge in [0.1, 0.15) is 0 Å². The van der Waals surface area contributed by atoms with Gasteiger partial charge in [-0.15, -0.1) is 0 Å². The van der Waals surface area contributed by atoms with Crippen LogP contribution >= 0.6 is 0 Å². The van der Waals surface area contributed by atoms with Crippen LogP contribution in [-0.4, -0.2) is 30.1 Å². The second kappa shape index (κ2) is 5.87. The topological polar surface area (TPSA) is 15.3 Å².